The van der Waals surface area contributed by atoms with Gasteiger partial charge < -0.3 is 10.3 Å². The zero-order valence-corrected chi connectivity index (χ0v) is 13.8. The maximum absolute atomic E-state index is 12.5. The number of anilines is 1. The molecule has 0 saturated heterocycles. The first-order valence-corrected chi connectivity index (χ1v) is 7.61. The summed E-state index contributed by atoms with van der Waals surface area (Å²) in [5, 5.41) is 2.71. The summed E-state index contributed by atoms with van der Waals surface area (Å²) in [5.74, 6) is -0.00279. The van der Waals surface area contributed by atoms with Crippen molar-refractivity contribution in [1.82, 2.24) is 15.0 Å². The van der Waals surface area contributed by atoms with Crippen LogP contribution in [0.5, 0.6) is 0 Å². The topological polar surface area (TPSA) is 87.7 Å². The second kappa shape index (κ2) is 5.88. The molecule has 6 nitrogen and oxygen atoms in total. The summed E-state index contributed by atoms with van der Waals surface area (Å²) in [6.07, 6.45) is 3.08. The average Bonchev–Trinajstić information content (AvgIpc) is 2.97. The molecule has 122 valence electrons. The summed E-state index contributed by atoms with van der Waals surface area (Å²) in [7, 11) is 0. The Bertz CT molecular complexity index is 908. The van der Waals surface area contributed by atoms with Gasteiger partial charge in [-0.25, -0.2) is 9.97 Å². The van der Waals surface area contributed by atoms with E-state index in [2.05, 4.69) is 20.3 Å². The number of carbonyl (C=O) groups excluding carboxylic acids is 2. The van der Waals surface area contributed by atoms with E-state index in [1.165, 1.54) is 6.20 Å². The number of amides is 1. The van der Waals surface area contributed by atoms with Gasteiger partial charge in [-0.1, -0.05) is 39.0 Å². The van der Waals surface area contributed by atoms with Gasteiger partial charge in [-0.15, -0.1) is 0 Å². The van der Waals surface area contributed by atoms with Crippen LogP contribution in [0, 0.1) is 5.41 Å². The first-order chi connectivity index (χ1) is 11.4. The maximum Gasteiger partial charge on any atom is 0.256 e. The van der Waals surface area contributed by atoms with Crippen molar-refractivity contribution in [2.24, 2.45) is 5.41 Å². The summed E-state index contributed by atoms with van der Waals surface area (Å²) in [5.41, 5.74) is 1.45. The third-order valence-corrected chi connectivity index (χ3v) is 3.58. The second-order valence-electron chi connectivity index (χ2n) is 6.55. The minimum Gasteiger partial charge on any atom is -0.344 e. The fourth-order valence-corrected chi connectivity index (χ4v) is 2.31. The Balaban J connectivity index is 1.94. The van der Waals surface area contributed by atoms with Crippen molar-refractivity contribution in [3.8, 4) is 0 Å². The molecular formula is C18H18N4O2. The fraction of sp³-hybridized carbons (Fsp3) is 0.222. The van der Waals surface area contributed by atoms with Gasteiger partial charge in [0, 0.05) is 17.2 Å². The lowest BCUT2D eigenvalue weighted by atomic mass is 9.87. The van der Waals surface area contributed by atoms with Gasteiger partial charge in [-0.2, -0.15) is 0 Å². The van der Waals surface area contributed by atoms with Crippen molar-refractivity contribution in [2.45, 2.75) is 20.8 Å². The maximum atomic E-state index is 12.5. The Morgan fingerprint density at radius 3 is 2.50 bits per heavy atom. The van der Waals surface area contributed by atoms with Gasteiger partial charge in [0.2, 0.25) is 0 Å². The number of hydrogen-bond donors (Lipinski definition) is 2. The zero-order chi connectivity index (χ0) is 17.3. The van der Waals surface area contributed by atoms with Crippen molar-refractivity contribution in [1.29, 1.82) is 0 Å². The number of ketones is 1. The minimum absolute atomic E-state index is 0.0328. The van der Waals surface area contributed by atoms with E-state index in [-0.39, 0.29) is 11.7 Å². The highest BCUT2D eigenvalue weighted by Gasteiger charge is 2.26. The third-order valence-electron chi connectivity index (χ3n) is 3.58. The van der Waals surface area contributed by atoms with Crippen LogP contribution in [0.25, 0.3) is 11.2 Å². The van der Waals surface area contributed by atoms with E-state index >= 15 is 0 Å². The Morgan fingerprint density at radius 2 is 1.83 bits per heavy atom. The normalized spacial score (nSPS) is 11.5. The summed E-state index contributed by atoms with van der Waals surface area (Å²) in [6, 6.07) is 8.84. The van der Waals surface area contributed by atoms with Gasteiger partial charge in [0.1, 0.15) is 5.52 Å². The number of benzene rings is 1. The van der Waals surface area contributed by atoms with Crippen molar-refractivity contribution < 1.29 is 9.59 Å². The smallest absolute Gasteiger partial charge is 0.256 e. The number of hydrogen-bond acceptors (Lipinski definition) is 4. The van der Waals surface area contributed by atoms with Gasteiger partial charge in [0.05, 0.1) is 11.8 Å². The molecule has 0 bridgehead atoms. The number of carbonyl (C=O) groups is 2. The van der Waals surface area contributed by atoms with Crippen LogP contribution in [-0.4, -0.2) is 26.6 Å². The summed E-state index contributed by atoms with van der Waals surface area (Å²) in [4.78, 5) is 36.3. The molecule has 0 unspecified atom stereocenters. The lowest BCUT2D eigenvalue weighted by Crippen LogP contribution is -2.20. The first kappa shape index (κ1) is 15.9. The van der Waals surface area contributed by atoms with Crippen LogP contribution >= 0.6 is 0 Å². The highest BCUT2D eigenvalue weighted by molar-refractivity contribution is 6.09. The number of aromatic amines is 1. The van der Waals surface area contributed by atoms with Crippen molar-refractivity contribution in [3.05, 3.63) is 53.9 Å². The molecular weight excluding hydrogens is 304 g/mol. The number of rotatable bonds is 3. The Morgan fingerprint density at radius 1 is 1.12 bits per heavy atom. The number of Topliss-reactive ketones (excluding diaryl/α,β-unsaturated/α-hetero) is 1. The average molecular weight is 322 g/mol. The van der Waals surface area contributed by atoms with Crippen LogP contribution in [0.1, 0.15) is 41.5 Å². The Labute approximate surface area is 139 Å². The van der Waals surface area contributed by atoms with Crippen LogP contribution < -0.4 is 5.32 Å². The largest absolute Gasteiger partial charge is 0.344 e. The lowest BCUT2D eigenvalue weighted by molar-refractivity contribution is 0.0860. The van der Waals surface area contributed by atoms with Crippen LogP contribution in [0.15, 0.2) is 42.7 Å². The summed E-state index contributed by atoms with van der Waals surface area (Å²) >= 11 is 0. The molecule has 0 saturated carbocycles. The molecule has 1 amide bonds. The summed E-state index contributed by atoms with van der Waals surface area (Å²) in [6.45, 7) is 5.55. The highest BCUT2D eigenvalue weighted by Crippen LogP contribution is 2.25. The fourth-order valence-electron chi connectivity index (χ4n) is 2.31. The van der Waals surface area contributed by atoms with E-state index in [4.69, 9.17) is 0 Å². The standard InChI is InChI=1S/C18H18N4O2/c1-18(2,3)15(23)12-9-19-16-14(12)21-13(10-20-16)22-17(24)11-7-5-4-6-8-11/h4-10H,1-3H3,(H,19,20)(H,21,22,24). The van der Waals surface area contributed by atoms with Gasteiger partial charge in [-0.05, 0) is 12.1 Å². The molecule has 0 spiro atoms. The molecule has 0 aliphatic carbocycles. The monoisotopic (exact) mass is 322 g/mol. The van der Waals surface area contributed by atoms with Crippen molar-refractivity contribution in [3.63, 3.8) is 0 Å². The van der Waals surface area contributed by atoms with Gasteiger partial charge >= 0.3 is 0 Å². The molecule has 2 heterocycles. The number of fused-ring (bicyclic) bond motifs is 1. The van der Waals surface area contributed by atoms with E-state index in [9.17, 15) is 9.59 Å². The SMILES string of the molecule is CC(C)(C)C(=O)c1c[nH]c2ncc(NC(=O)c3ccccc3)nc12. The molecule has 24 heavy (non-hydrogen) atoms. The predicted octanol–water partition coefficient (Wildman–Crippen LogP) is 3.44. The van der Waals surface area contributed by atoms with Gasteiger partial charge in [0.15, 0.2) is 17.2 Å². The predicted molar refractivity (Wildman–Crippen MR) is 92.1 cm³/mol. The van der Waals surface area contributed by atoms with Crippen molar-refractivity contribution in [2.75, 3.05) is 5.32 Å². The molecule has 2 aromatic heterocycles. The second-order valence-corrected chi connectivity index (χ2v) is 6.55. The molecule has 0 atom stereocenters. The van der Waals surface area contributed by atoms with Gasteiger partial charge in [0.25, 0.3) is 5.91 Å². The molecule has 1 aromatic carbocycles. The van der Waals surface area contributed by atoms with E-state index in [1.54, 1.807) is 30.5 Å². The molecule has 3 aromatic rings. The molecule has 6 heteroatoms. The van der Waals surface area contributed by atoms with E-state index in [1.807, 2.05) is 26.8 Å². The van der Waals surface area contributed by atoms with E-state index < -0.39 is 5.41 Å². The van der Waals surface area contributed by atoms with E-state index in [0.29, 0.717) is 28.1 Å². The molecule has 0 fully saturated rings. The number of aromatic nitrogens is 3. The number of nitrogens with one attached hydrogen (secondary N) is 2. The molecule has 0 radical (unpaired) electrons. The van der Waals surface area contributed by atoms with Crippen LogP contribution in [-0.2, 0) is 0 Å². The van der Waals surface area contributed by atoms with Crippen LogP contribution in [0.2, 0.25) is 0 Å². The lowest BCUT2D eigenvalue weighted by Gasteiger charge is -2.15. The minimum atomic E-state index is -0.528. The van der Waals surface area contributed by atoms with Gasteiger partial charge in [-0.3, -0.25) is 9.59 Å². The summed E-state index contributed by atoms with van der Waals surface area (Å²) < 4.78 is 0. The molecule has 3 rings (SSSR count). The zero-order valence-electron chi connectivity index (χ0n) is 13.8. The quantitative estimate of drug-likeness (QED) is 0.723. The van der Waals surface area contributed by atoms with E-state index in [0.717, 1.165) is 0 Å². The highest BCUT2D eigenvalue weighted by atomic mass is 16.1. The molecule has 0 aliphatic rings. The van der Waals surface area contributed by atoms with Crippen LogP contribution in [0.3, 0.4) is 0 Å². The number of H-pyrrole nitrogens is 1. The Kier molecular flexibility index (Phi) is 3.89. The molecule has 0 aliphatic heterocycles. The molecule has 2 N–H and O–H groups in total. The Hall–Kier alpha value is -3.02. The first-order valence-electron chi connectivity index (χ1n) is 7.61. The van der Waals surface area contributed by atoms with Crippen molar-refractivity contribution >= 4 is 28.7 Å². The third kappa shape index (κ3) is 3.03. The van der Waals surface area contributed by atoms with Crippen LogP contribution in [0.4, 0.5) is 5.82 Å². The number of nitrogens with zero attached hydrogens (tertiary/aromatic N) is 2.